The minimum atomic E-state index is -0.641. The summed E-state index contributed by atoms with van der Waals surface area (Å²) in [6.07, 6.45) is 0.386. The molecule has 0 aromatic heterocycles. The van der Waals surface area contributed by atoms with Gasteiger partial charge < -0.3 is 14.8 Å². The summed E-state index contributed by atoms with van der Waals surface area (Å²) in [5.41, 5.74) is 0. The van der Waals surface area contributed by atoms with Gasteiger partial charge in [-0.15, -0.1) is 0 Å². The van der Waals surface area contributed by atoms with Crippen molar-refractivity contribution < 1.29 is 14.3 Å². The third-order valence-corrected chi connectivity index (χ3v) is 4.91. The highest BCUT2D eigenvalue weighted by Crippen LogP contribution is 2.28. The zero-order chi connectivity index (χ0) is 19.1. The maximum atomic E-state index is 12.5. The van der Waals surface area contributed by atoms with Crippen LogP contribution in [0.4, 0.5) is 0 Å². The molecule has 0 radical (unpaired) electrons. The molecule has 1 saturated heterocycles. The van der Waals surface area contributed by atoms with E-state index in [1.807, 2.05) is 0 Å². The molecule has 1 aliphatic heterocycles. The van der Waals surface area contributed by atoms with Gasteiger partial charge in [-0.3, -0.25) is 9.69 Å². The molecule has 2 unspecified atom stereocenters. The summed E-state index contributed by atoms with van der Waals surface area (Å²) in [7, 11) is 0. The Hall–Kier alpha value is -1.01. The highest BCUT2D eigenvalue weighted by molar-refractivity contribution is 6.35. The monoisotopic (exact) mass is 402 g/mol. The maximum absolute atomic E-state index is 12.5. The van der Waals surface area contributed by atoms with E-state index in [4.69, 9.17) is 32.7 Å². The molecule has 1 amide bonds. The van der Waals surface area contributed by atoms with Crippen molar-refractivity contribution in [1.82, 2.24) is 10.2 Å². The first-order chi connectivity index (χ1) is 12.4. The smallest absolute Gasteiger partial charge is 0.260 e. The number of morpholine rings is 1. The van der Waals surface area contributed by atoms with E-state index < -0.39 is 6.10 Å². The molecule has 1 fully saturated rings. The lowest BCUT2D eigenvalue weighted by atomic mass is 10.0. The minimum absolute atomic E-state index is 0.155. The summed E-state index contributed by atoms with van der Waals surface area (Å²) in [6.45, 7) is 10.0. The normalized spacial score (nSPS) is 17.8. The summed E-state index contributed by atoms with van der Waals surface area (Å²) >= 11 is 12.0. The Kier molecular flexibility index (Phi) is 8.48. The third kappa shape index (κ3) is 6.62. The molecule has 146 valence electrons. The standard InChI is InChI=1S/C19H28Cl2N2O3/c1-13(2)10-16(23-6-8-25-9-7-23)12-22-19(24)14(3)26-18-5-4-15(20)11-17(18)21/h4-5,11,13-14,16H,6-10,12H2,1-3H3,(H,22,24). The molecule has 0 spiro atoms. The Morgan fingerprint density at radius 1 is 1.27 bits per heavy atom. The van der Waals surface area contributed by atoms with Crippen LogP contribution in [0.15, 0.2) is 18.2 Å². The molecule has 2 atom stereocenters. The van der Waals surface area contributed by atoms with E-state index in [-0.39, 0.29) is 5.91 Å². The summed E-state index contributed by atoms with van der Waals surface area (Å²) in [4.78, 5) is 14.8. The van der Waals surface area contributed by atoms with E-state index in [9.17, 15) is 4.79 Å². The maximum Gasteiger partial charge on any atom is 0.260 e. The first kappa shape index (κ1) is 21.3. The zero-order valence-electron chi connectivity index (χ0n) is 15.6. The van der Waals surface area contributed by atoms with Crippen LogP contribution in [-0.4, -0.2) is 55.8 Å². The fourth-order valence-electron chi connectivity index (χ4n) is 3.03. The van der Waals surface area contributed by atoms with Gasteiger partial charge in [-0.25, -0.2) is 0 Å². The van der Waals surface area contributed by atoms with Crippen LogP contribution in [0.25, 0.3) is 0 Å². The summed E-state index contributed by atoms with van der Waals surface area (Å²) in [6, 6.07) is 5.25. The fraction of sp³-hybridized carbons (Fsp3) is 0.632. The predicted molar refractivity (Wildman–Crippen MR) is 105 cm³/mol. The van der Waals surface area contributed by atoms with Crippen LogP contribution in [-0.2, 0) is 9.53 Å². The van der Waals surface area contributed by atoms with E-state index in [1.54, 1.807) is 25.1 Å². The van der Waals surface area contributed by atoms with E-state index in [1.165, 1.54) is 0 Å². The Morgan fingerprint density at radius 2 is 1.96 bits per heavy atom. The van der Waals surface area contributed by atoms with Crippen LogP contribution in [0.2, 0.25) is 10.0 Å². The number of hydrogen-bond donors (Lipinski definition) is 1. The van der Waals surface area contributed by atoms with Gasteiger partial charge in [-0.1, -0.05) is 37.0 Å². The largest absolute Gasteiger partial charge is 0.479 e. The number of benzene rings is 1. The summed E-state index contributed by atoms with van der Waals surface area (Å²) < 4.78 is 11.1. The van der Waals surface area contributed by atoms with Crippen molar-refractivity contribution in [2.24, 2.45) is 5.92 Å². The van der Waals surface area contributed by atoms with Crippen molar-refractivity contribution in [2.45, 2.75) is 39.3 Å². The molecule has 0 bridgehead atoms. The molecular weight excluding hydrogens is 375 g/mol. The number of hydrogen-bond acceptors (Lipinski definition) is 4. The SMILES string of the molecule is CC(C)CC(CNC(=O)C(C)Oc1ccc(Cl)cc1Cl)N1CCOCC1. The molecule has 7 heteroatoms. The second-order valence-corrected chi connectivity index (χ2v) is 7.86. The molecular formula is C19H28Cl2N2O3. The van der Waals surface area contributed by atoms with Gasteiger partial charge >= 0.3 is 0 Å². The van der Waals surface area contributed by atoms with Crippen molar-refractivity contribution in [2.75, 3.05) is 32.8 Å². The molecule has 1 N–H and O–H groups in total. The van der Waals surface area contributed by atoms with Gasteiger partial charge in [0.2, 0.25) is 0 Å². The molecule has 1 aromatic rings. The third-order valence-electron chi connectivity index (χ3n) is 4.38. The van der Waals surface area contributed by atoms with Crippen LogP contribution < -0.4 is 10.1 Å². The first-order valence-electron chi connectivity index (χ1n) is 9.08. The van der Waals surface area contributed by atoms with Crippen LogP contribution >= 0.6 is 23.2 Å². The lowest BCUT2D eigenvalue weighted by Gasteiger charge is -2.35. The van der Waals surface area contributed by atoms with Gasteiger partial charge in [-0.2, -0.15) is 0 Å². The van der Waals surface area contributed by atoms with Crippen molar-refractivity contribution in [3.05, 3.63) is 28.2 Å². The Labute approximate surface area is 165 Å². The number of rotatable bonds is 8. The van der Waals surface area contributed by atoms with Crippen molar-refractivity contribution >= 4 is 29.1 Å². The number of halogens is 2. The van der Waals surface area contributed by atoms with Crippen molar-refractivity contribution in [3.8, 4) is 5.75 Å². The Bertz CT molecular complexity index is 592. The van der Waals surface area contributed by atoms with E-state index >= 15 is 0 Å². The van der Waals surface area contributed by atoms with Gasteiger partial charge in [-0.05, 0) is 37.5 Å². The van der Waals surface area contributed by atoms with Crippen LogP contribution in [0.3, 0.4) is 0 Å². The van der Waals surface area contributed by atoms with Crippen LogP contribution in [0.5, 0.6) is 5.75 Å². The number of ether oxygens (including phenoxy) is 2. The number of nitrogens with one attached hydrogen (secondary N) is 1. The molecule has 26 heavy (non-hydrogen) atoms. The number of nitrogens with zero attached hydrogens (tertiary/aromatic N) is 1. The molecule has 1 aliphatic rings. The summed E-state index contributed by atoms with van der Waals surface area (Å²) in [5, 5.41) is 3.94. The molecule has 0 aliphatic carbocycles. The van der Waals surface area contributed by atoms with Crippen molar-refractivity contribution in [1.29, 1.82) is 0 Å². The lowest BCUT2D eigenvalue weighted by Crippen LogP contribution is -2.50. The first-order valence-corrected chi connectivity index (χ1v) is 9.83. The van der Waals surface area contributed by atoms with Crippen molar-refractivity contribution in [3.63, 3.8) is 0 Å². The average Bonchev–Trinajstić information content (AvgIpc) is 2.61. The number of amides is 1. The molecule has 0 saturated carbocycles. The van der Waals surface area contributed by atoms with Gasteiger partial charge in [0, 0.05) is 30.7 Å². The average molecular weight is 403 g/mol. The highest BCUT2D eigenvalue weighted by atomic mass is 35.5. The highest BCUT2D eigenvalue weighted by Gasteiger charge is 2.24. The van der Waals surface area contributed by atoms with E-state index in [0.717, 1.165) is 32.7 Å². The van der Waals surface area contributed by atoms with E-state index in [2.05, 4.69) is 24.1 Å². The summed E-state index contributed by atoms with van der Waals surface area (Å²) in [5.74, 6) is 0.852. The zero-order valence-corrected chi connectivity index (χ0v) is 17.1. The number of carbonyl (C=O) groups excluding carboxylic acids is 1. The topological polar surface area (TPSA) is 50.8 Å². The molecule has 1 heterocycles. The minimum Gasteiger partial charge on any atom is -0.479 e. The fourth-order valence-corrected chi connectivity index (χ4v) is 3.48. The molecule has 2 rings (SSSR count). The van der Waals surface area contributed by atoms with Gasteiger partial charge in [0.15, 0.2) is 6.10 Å². The van der Waals surface area contributed by atoms with E-state index in [0.29, 0.717) is 34.3 Å². The second-order valence-electron chi connectivity index (χ2n) is 7.01. The molecule has 1 aromatic carbocycles. The predicted octanol–water partition coefficient (Wildman–Crippen LogP) is 3.62. The number of carbonyl (C=O) groups is 1. The Balaban J connectivity index is 1.89. The second kappa shape index (κ2) is 10.4. The quantitative estimate of drug-likeness (QED) is 0.721. The van der Waals surface area contributed by atoms with Gasteiger partial charge in [0.1, 0.15) is 5.75 Å². The van der Waals surface area contributed by atoms with Gasteiger partial charge in [0.25, 0.3) is 5.91 Å². The lowest BCUT2D eigenvalue weighted by molar-refractivity contribution is -0.127. The van der Waals surface area contributed by atoms with Gasteiger partial charge in [0.05, 0.1) is 18.2 Å². The van der Waals surface area contributed by atoms with Crippen LogP contribution in [0.1, 0.15) is 27.2 Å². The van der Waals surface area contributed by atoms with Crippen LogP contribution in [0, 0.1) is 5.92 Å². The Morgan fingerprint density at radius 3 is 2.58 bits per heavy atom. The molecule has 5 nitrogen and oxygen atoms in total.